The van der Waals surface area contributed by atoms with Crippen molar-refractivity contribution in [2.75, 3.05) is 18.1 Å². The Balaban J connectivity index is 2.14. The monoisotopic (exact) mass is 364 g/mol. The molecule has 2 aromatic carbocycles. The number of nitro groups is 1. The SMILES string of the molecule is Cc1ccc(OC(C)CNc2cccc(S(C)(=O)=O)c2[N+](=O)[O-])cc1. The first-order valence-electron chi connectivity index (χ1n) is 7.63. The molecule has 0 radical (unpaired) electrons. The zero-order valence-electron chi connectivity index (χ0n) is 14.2. The molecular weight excluding hydrogens is 344 g/mol. The zero-order valence-corrected chi connectivity index (χ0v) is 15.0. The Bertz CT molecular complexity index is 863. The van der Waals surface area contributed by atoms with E-state index in [0.717, 1.165) is 11.8 Å². The van der Waals surface area contributed by atoms with E-state index in [2.05, 4.69) is 5.32 Å². The molecule has 1 N–H and O–H groups in total. The molecule has 0 heterocycles. The van der Waals surface area contributed by atoms with Gasteiger partial charge in [-0.3, -0.25) is 10.1 Å². The van der Waals surface area contributed by atoms with Crippen LogP contribution in [0, 0.1) is 17.0 Å². The molecule has 0 spiro atoms. The molecule has 134 valence electrons. The maximum atomic E-state index is 11.8. The summed E-state index contributed by atoms with van der Waals surface area (Å²) in [7, 11) is -3.71. The van der Waals surface area contributed by atoms with Gasteiger partial charge in [0, 0.05) is 6.26 Å². The van der Waals surface area contributed by atoms with Crippen LogP contribution >= 0.6 is 0 Å². The average Bonchev–Trinajstić information content (AvgIpc) is 2.53. The second-order valence-corrected chi connectivity index (χ2v) is 7.79. The van der Waals surface area contributed by atoms with Gasteiger partial charge < -0.3 is 10.1 Å². The Morgan fingerprint density at radius 3 is 2.40 bits per heavy atom. The van der Waals surface area contributed by atoms with Crippen molar-refractivity contribution in [3.05, 3.63) is 58.1 Å². The van der Waals surface area contributed by atoms with Crippen molar-refractivity contribution in [1.29, 1.82) is 0 Å². The lowest BCUT2D eigenvalue weighted by Crippen LogP contribution is -2.23. The van der Waals surface area contributed by atoms with Crippen LogP contribution in [0.15, 0.2) is 47.4 Å². The van der Waals surface area contributed by atoms with E-state index in [1.165, 1.54) is 18.2 Å². The molecule has 0 aliphatic carbocycles. The number of benzene rings is 2. The quantitative estimate of drug-likeness (QED) is 0.598. The molecule has 0 fully saturated rings. The normalized spacial score (nSPS) is 12.4. The van der Waals surface area contributed by atoms with Crippen LogP contribution < -0.4 is 10.1 Å². The van der Waals surface area contributed by atoms with Crippen LogP contribution in [-0.2, 0) is 9.84 Å². The molecule has 0 aromatic heterocycles. The lowest BCUT2D eigenvalue weighted by atomic mass is 10.2. The number of ether oxygens (including phenoxy) is 1. The minimum Gasteiger partial charge on any atom is -0.489 e. The van der Waals surface area contributed by atoms with E-state index in [-0.39, 0.29) is 23.2 Å². The number of hydrogen-bond acceptors (Lipinski definition) is 6. The highest BCUT2D eigenvalue weighted by Crippen LogP contribution is 2.31. The topological polar surface area (TPSA) is 98.5 Å². The van der Waals surface area contributed by atoms with E-state index in [0.29, 0.717) is 5.75 Å². The van der Waals surface area contributed by atoms with Crippen LogP contribution in [0.4, 0.5) is 11.4 Å². The molecule has 0 aliphatic heterocycles. The number of nitro benzene ring substituents is 1. The smallest absolute Gasteiger partial charge is 0.310 e. The third kappa shape index (κ3) is 4.93. The molecule has 1 unspecified atom stereocenters. The fraction of sp³-hybridized carbons (Fsp3) is 0.294. The zero-order chi connectivity index (χ0) is 18.6. The Morgan fingerprint density at radius 1 is 1.20 bits per heavy atom. The Morgan fingerprint density at radius 2 is 1.84 bits per heavy atom. The number of para-hydroxylation sites is 1. The number of rotatable bonds is 7. The molecular formula is C17H20N2O5S. The summed E-state index contributed by atoms with van der Waals surface area (Å²) in [6.07, 6.45) is 0.673. The maximum Gasteiger partial charge on any atom is 0.310 e. The number of sulfone groups is 1. The van der Waals surface area contributed by atoms with Crippen LogP contribution in [-0.4, -0.2) is 32.2 Å². The van der Waals surface area contributed by atoms with Crippen LogP contribution in [0.5, 0.6) is 5.75 Å². The van der Waals surface area contributed by atoms with Crippen molar-refractivity contribution in [2.45, 2.75) is 24.8 Å². The van der Waals surface area contributed by atoms with Gasteiger partial charge >= 0.3 is 5.69 Å². The summed E-state index contributed by atoms with van der Waals surface area (Å²) in [4.78, 5) is 10.3. The first-order valence-corrected chi connectivity index (χ1v) is 9.52. The predicted octanol–water partition coefficient (Wildman–Crippen LogP) is 3.19. The van der Waals surface area contributed by atoms with Crippen molar-refractivity contribution in [3.63, 3.8) is 0 Å². The minimum absolute atomic E-state index is 0.146. The van der Waals surface area contributed by atoms with Gasteiger partial charge in [0.15, 0.2) is 9.84 Å². The van der Waals surface area contributed by atoms with Crippen LogP contribution in [0.3, 0.4) is 0 Å². The third-order valence-corrected chi connectivity index (χ3v) is 4.65. The van der Waals surface area contributed by atoms with E-state index in [1.807, 2.05) is 38.1 Å². The number of aryl methyl sites for hydroxylation is 1. The lowest BCUT2D eigenvalue weighted by molar-refractivity contribution is -0.386. The molecule has 25 heavy (non-hydrogen) atoms. The third-order valence-electron chi connectivity index (χ3n) is 3.52. The highest BCUT2D eigenvalue weighted by molar-refractivity contribution is 7.90. The molecule has 1 atom stereocenters. The number of hydrogen-bond donors (Lipinski definition) is 1. The highest BCUT2D eigenvalue weighted by atomic mass is 32.2. The van der Waals surface area contributed by atoms with E-state index >= 15 is 0 Å². The molecule has 2 rings (SSSR count). The van der Waals surface area contributed by atoms with Crippen LogP contribution in [0.1, 0.15) is 12.5 Å². The summed E-state index contributed by atoms with van der Waals surface area (Å²) < 4.78 is 29.3. The summed E-state index contributed by atoms with van der Waals surface area (Å²) in [5, 5.41) is 14.2. The van der Waals surface area contributed by atoms with Crippen LogP contribution in [0.25, 0.3) is 0 Å². The molecule has 7 nitrogen and oxygen atoms in total. The minimum atomic E-state index is -3.71. The van der Waals surface area contributed by atoms with E-state index in [1.54, 1.807) is 0 Å². The summed E-state index contributed by atoms with van der Waals surface area (Å²) in [5.74, 6) is 0.694. The average molecular weight is 364 g/mol. The number of nitrogens with zero attached hydrogens (tertiary/aromatic N) is 1. The van der Waals surface area contributed by atoms with Crippen molar-refractivity contribution in [3.8, 4) is 5.75 Å². The molecule has 2 aromatic rings. The van der Waals surface area contributed by atoms with Gasteiger partial charge in [-0.15, -0.1) is 0 Å². The second kappa shape index (κ2) is 7.52. The van der Waals surface area contributed by atoms with Gasteiger partial charge in [0.25, 0.3) is 0 Å². The summed E-state index contributed by atoms with van der Waals surface area (Å²) in [5.41, 5.74) is 0.811. The first-order chi connectivity index (χ1) is 11.7. The summed E-state index contributed by atoms with van der Waals surface area (Å²) in [6.45, 7) is 4.07. The van der Waals surface area contributed by atoms with Crippen LogP contribution in [0.2, 0.25) is 0 Å². The highest BCUT2D eigenvalue weighted by Gasteiger charge is 2.26. The largest absolute Gasteiger partial charge is 0.489 e. The molecule has 0 saturated carbocycles. The Labute approximate surface area is 146 Å². The fourth-order valence-corrected chi connectivity index (χ4v) is 3.16. The fourth-order valence-electron chi connectivity index (χ4n) is 2.30. The second-order valence-electron chi connectivity index (χ2n) is 5.80. The first kappa shape index (κ1) is 18.7. The summed E-state index contributed by atoms with van der Waals surface area (Å²) >= 11 is 0. The van der Waals surface area contributed by atoms with E-state index < -0.39 is 20.4 Å². The van der Waals surface area contributed by atoms with Gasteiger partial charge in [0.1, 0.15) is 22.4 Å². The number of nitrogens with one attached hydrogen (secondary N) is 1. The van der Waals surface area contributed by atoms with Gasteiger partial charge in [-0.25, -0.2) is 8.42 Å². The molecule has 0 aliphatic rings. The predicted molar refractivity (Wildman–Crippen MR) is 96.0 cm³/mol. The molecule has 0 saturated heterocycles. The standard InChI is InChI=1S/C17H20N2O5S/c1-12-7-9-14(10-8-12)24-13(2)11-18-15-5-4-6-16(25(3,22)23)17(15)19(20)21/h4-10,13,18H,11H2,1-3H3. The lowest BCUT2D eigenvalue weighted by Gasteiger charge is -2.16. The van der Waals surface area contributed by atoms with E-state index in [4.69, 9.17) is 4.74 Å². The van der Waals surface area contributed by atoms with Gasteiger partial charge in [-0.05, 0) is 38.1 Å². The van der Waals surface area contributed by atoms with Crippen molar-refractivity contribution >= 4 is 21.2 Å². The Kier molecular flexibility index (Phi) is 5.63. The Hall–Kier alpha value is -2.61. The molecule has 0 bridgehead atoms. The maximum absolute atomic E-state index is 11.8. The van der Waals surface area contributed by atoms with Gasteiger partial charge in [0.2, 0.25) is 0 Å². The van der Waals surface area contributed by atoms with Crippen molar-refractivity contribution < 1.29 is 18.1 Å². The molecule has 0 amide bonds. The van der Waals surface area contributed by atoms with E-state index in [9.17, 15) is 18.5 Å². The van der Waals surface area contributed by atoms with Gasteiger partial charge in [-0.2, -0.15) is 0 Å². The number of anilines is 1. The van der Waals surface area contributed by atoms with Crippen molar-refractivity contribution in [1.82, 2.24) is 0 Å². The molecule has 8 heteroatoms. The van der Waals surface area contributed by atoms with Gasteiger partial charge in [-0.1, -0.05) is 23.8 Å². The van der Waals surface area contributed by atoms with Gasteiger partial charge in [0.05, 0.1) is 11.5 Å². The van der Waals surface area contributed by atoms with Crippen molar-refractivity contribution in [2.24, 2.45) is 0 Å². The summed E-state index contributed by atoms with van der Waals surface area (Å²) in [6, 6.07) is 11.7.